The summed E-state index contributed by atoms with van der Waals surface area (Å²) in [6, 6.07) is 22.0. The second kappa shape index (κ2) is 11.3. The van der Waals surface area contributed by atoms with E-state index in [2.05, 4.69) is 98.2 Å². The van der Waals surface area contributed by atoms with Crippen molar-refractivity contribution in [1.82, 2.24) is 0 Å². The van der Waals surface area contributed by atoms with E-state index in [1.165, 1.54) is 24.0 Å². The zero-order valence-electron chi connectivity index (χ0n) is 18.1. The van der Waals surface area contributed by atoms with Crippen LogP contribution >= 0.6 is 0 Å². The maximum Gasteiger partial charge on any atom is -1.00 e. The fraction of sp³-hybridized carbons (Fsp3) is 0.231. The van der Waals surface area contributed by atoms with Gasteiger partial charge in [0.2, 0.25) is 0 Å². The molecule has 2 aliphatic carbocycles. The Hall–Kier alpha value is -0.607. The molecule has 30 heavy (non-hydrogen) atoms. The Kier molecular flexibility index (Phi) is 9.67. The van der Waals surface area contributed by atoms with E-state index >= 15 is 0 Å². The summed E-state index contributed by atoms with van der Waals surface area (Å²) < 4.78 is 3.81. The molecule has 0 aliphatic heterocycles. The van der Waals surface area contributed by atoms with Crippen molar-refractivity contribution < 1.29 is 43.2 Å². The van der Waals surface area contributed by atoms with Gasteiger partial charge in [0.05, 0.1) is 0 Å². The van der Waals surface area contributed by atoms with Crippen molar-refractivity contribution in [3.05, 3.63) is 102 Å². The van der Waals surface area contributed by atoms with Crippen LogP contribution < -0.4 is 24.8 Å². The normalized spacial score (nSPS) is 15.0. The summed E-state index contributed by atoms with van der Waals surface area (Å²) in [5, 5.41) is 0. The van der Waals surface area contributed by atoms with Crippen molar-refractivity contribution in [2.75, 3.05) is 0 Å². The zero-order valence-corrected chi connectivity index (χ0v) is 25.3. The molecule has 0 amide bonds. The predicted octanol–water partition coefficient (Wildman–Crippen LogP) is 1.39. The molecular weight excluding hydrogens is 634 g/mol. The summed E-state index contributed by atoms with van der Waals surface area (Å²) in [5.74, 6) is 5.29. The maximum absolute atomic E-state index is 2.64. The van der Waals surface area contributed by atoms with Crippen LogP contribution in [0.1, 0.15) is 37.8 Å². The third-order valence-electron chi connectivity index (χ3n) is 5.86. The Morgan fingerprint density at radius 2 is 1.00 bits per heavy atom. The first-order valence-electron chi connectivity index (χ1n) is 10.1. The summed E-state index contributed by atoms with van der Waals surface area (Å²) in [6.07, 6.45) is 7.42. The van der Waals surface area contributed by atoms with E-state index in [-0.39, 0.29) is 24.8 Å². The SMILES string of the molecule is CC1=[C]([Hf+2]([C]2=C(C)C=C(c3ccccc3)C2)=[Ge]([CH3])[CH3])CC(c2ccccc2)=C1.[Cl-].[Cl-]. The van der Waals surface area contributed by atoms with E-state index in [0.29, 0.717) is 0 Å². The molecule has 0 N–H and O–H groups in total. The molecule has 0 unspecified atom stereocenters. The van der Waals surface area contributed by atoms with Crippen LogP contribution in [0.3, 0.4) is 0 Å². The Balaban J connectivity index is 0.00000160. The zero-order chi connectivity index (χ0) is 19.7. The molecule has 0 aromatic heterocycles. The number of rotatable bonds is 4. The molecule has 0 atom stereocenters. The van der Waals surface area contributed by atoms with E-state index in [4.69, 9.17) is 0 Å². The molecule has 4 rings (SSSR count). The van der Waals surface area contributed by atoms with Crippen LogP contribution in [0.5, 0.6) is 0 Å². The van der Waals surface area contributed by atoms with Gasteiger partial charge >= 0.3 is 179 Å². The number of hydrogen-bond acceptors (Lipinski definition) is 0. The van der Waals surface area contributed by atoms with E-state index < -0.39 is 28.4 Å². The molecule has 4 heteroatoms. The molecule has 0 saturated carbocycles. The van der Waals surface area contributed by atoms with Crippen LogP contribution in [0.4, 0.5) is 0 Å². The Morgan fingerprint density at radius 3 is 1.33 bits per heavy atom. The number of hydrogen-bond donors (Lipinski definition) is 0. The third-order valence-corrected chi connectivity index (χ3v) is 45.4. The molecule has 2 aromatic rings. The molecular formula is C26H28Cl2GeHf. The van der Waals surface area contributed by atoms with Gasteiger partial charge in [-0.1, -0.05) is 0 Å². The van der Waals surface area contributed by atoms with E-state index in [1.54, 1.807) is 22.3 Å². The van der Waals surface area contributed by atoms with Gasteiger partial charge in [0.1, 0.15) is 0 Å². The van der Waals surface area contributed by atoms with Crippen molar-refractivity contribution in [2.45, 2.75) is 38.2 Å². The van der Waals surface area contributed by atoms with E-state index in [1.807, 2.05) is 6.66 Å². The third kappa shape index (κ3) is 5.41. The van der Waals surface area contributed by atoms with Gasteiger partial charge in [0.15, 0.2) is 0 Å². The van der Waals surface area contributed by atoms with Crippen molar-refractivity contribution in [3.8, 4) is 0 Å². The number of benzene rings is 2. The molecule has 154 valence electrons. The van der Waals surface area contributed by atoms with Gasteiger partial charge in [-0.3, -0.25) is 0 Å². The Morgan fingerprint density at radius 1 is 0.633 bits per heavy atom. The Labute approximate surface area is 202 Å². The van der Waals surface area contributed by atoms with Crippen LogP contribution in [0, 0.1) is 0 Å². The summed E-state index contributed by atoms with van der Waals surface area (Å²) in [6.45, 7) is 4.77. The first-order chi connectivity index (χ1) is 13.5. The molecule has 0 radical (unpaired) electrons. The standard InChI is InChI=1S/2C12H11.C2H6Ge.2ClH.Hf/c2*1-10-7-8-12(9-10)11-5-3-2-4-6-11;1-3-2;;;/h2*2-6,9H,8H2,1H3;1-2H3;2*1H;/q;;;;;+2/p-2. The summed E-state index contributed by atoms with van der Waals surface area (Å²) in [4.78, 5) is 0. The average molecular weight is 663 g/mol. The summed E-state index contributed by atoms with van der Waals surface area (Å²) in [7, 11) is -0.979. The molecule has 2 aliphatic rings. The van der Waals surface area contributed by atoms with E-state index in [0.717, 1.165) is 0 Å². The van der Waals surface area contributed by atoms with Gasteiger partial charge in [0, 0.05) is 0 Å². The number of halogens is 2. The number of allylic oxidation sites excluding steroid dienone is 8. The molecule has 0 fully saturated rings. The first-order valence-corrected chi connectivity index (χ1v) is 28.3. The quantitative estimate of drug-likeness (QED) is 0.435. The molecule has 0 spiro atoms. The minimum atomic E-state index is -1.95. The monoisotopic (exact) mass is 664 g/mol. The second-order valence-electron chi connectivity index (χ2n) is 8.12. The fourth-order valence-corrected chi connectivity index (χ4v) is 46.7. The smallest absolute Gasteiger partial charge is 1.00 e. The minimum Gasteiger partial charge on any atom is -1.00 e. The Bertz CT molecular complexity index is 989. The predicted molar refractivity (Wildman–Crippen MR) is 121 cm³/mol. The maximum atomic E-state index is 2.64. The van der Waals surface area contributed by atoms with Gasteiger partial charge in [0.25, 0.3) is 0 Å². The van der Waals surface area contributed by atoms with E-state index in [9.17, 15) is 0 Å². The molecule has 0 bridgehead atoms. The largest absolute Gasteiger partial charge is 1.00 e. The van der Waals surface area contributed by atoms with Crippen LogP contribution in [0.25, 0.3) is 11.1 Å². The minimum absolute atomic E-state index is 0. The van der Waals surface area contributed by atoms with Gasteiger partial charge in [-0.25, -0.2) is 0 Å². The second-order valence-corrected chi connectivity index (χ2v) is 46.6. The van der Waals surface area contributed by atoms with Gasteiger partial charge in [-0.2, -0.15) is 0 Å². The first kappa shape index (κ1) is 25.7. The summed E-state index contributed by atoms with van der Waals surface area (Å²) >= 11 is -1.95. The van der Waals surface area contributed by atoms with Crippen molar-refractivity contribution >= 4 is 21.2 Å². The topological polar surface area (TPSA) is 0 Å². The molecule has 0 heterocycles. The van der Waals surface area contributed by atoms with Crippen LogP contribution in [0.15, 0.2) is 90.6 Å². The van der Waals surface area contributed by atoms with Crippen LogP contribution in [-0.2, 0) is 18.3 Å². The van der Waals surface area contributed by atoms with Crippen molar-refractivity contribution in [1.29, 1.82) is 0 Å². The molecule has 2 aromatic carbocycles. The van der Waals surface area contributed by atoms with Crippen molar-refractivity contribution in [2.24, 2.45) is 0 Å². The summed E-state index contributed by atoms with van der Waals surface area (Å²) in [5.41, 5.74) is 9.12. The van der Waals surface area contributed by atoms with Gasteiger partial charge < -0.3 is 24.8 Å². The van der Waals surface area contributed by atoms with Gasteiger partial charge in [-0.15, -0.1) is 0 Å². The molecule has 0 nitrogen and oxygen atoms in total. The molecule has 0 saturated heterocycles. The van der Waals surface area contributed by atoms with Crippen molar-refractivity contribution in [3.63, 3.8) is 0 Å². The van der Waals surface area contributed by atoms with Gasteiger partial charge in [-0.05, 0) is 0 Å². The average Bonchev–Trinajstić information content (AvgIpc) is 3.27. The van der Waals surface area contributed by atoms with Crippen LogP contribution in [-0.4, -0.2) is 10.1 Å². The van der Waals surface area contributed by atoms with Crippen LogP contribution in [0.2, 0.25) is 11.5 Å². The fourth-order valence-electron chi connectivity index (χ4n) is 4.49.